The summed E-state index contributed by atoms with van der Waals surface area (Å²) in [6.45, 7) is 15.4. The van der Waals surface area contributed by atoms with Gasteiger partial charge in [-0.05, 0) is 49.9 Å². The molecule has 18 heavy (non-hydrogen) atoms. The van der Waals surface area contributed by atoms with E-state index < -0.39 is 0 Å². The molecule has 1 rings (SSSR count). The van der Waals surface area contributed by atoms with Gasteiger partial charge in [0.25, 0.3) is 0 Å². The van der Waals surface area contributed by atoms with Crippen molar-refractivity contribution in [2.75, 3.05) is 19.8 Å². The SMILES string of the molecule is C=C(C)COCCNCc1cc(C)c(C)cc1C. The second kappa shape index (κ2) is 7.34. The number of nitrogens with one attached hydrogen (secondary N) is 1. The van der Waals surface area contributed by atoms with Gasteiger partial charge in [-0.1, -0.05) is 24.3 Å². The van der Waals surface area contributed by atoms with E-state index in [1.807, 2.05) is 6.92 Å². The fourth-order valence-electron chi connectivity index (χ4n) is 1.82. The zero-order chi connectivity index (χ0) is 13.5. The predicted octanol–water partition coefficient (Wildman–Crippen LogP) is 3.29. The maximum Gasteiger partial charge on any atom is 0.0672 e. The monoisotopic (exact) mass is 247 g/mol. The summed E-state index contributed by atoms with van der Waals surface area (Å²) >= 11 is 0. The molecule has 0 bridgehead atoms. The molecule has 2 heteroatoms. The minimum atomic E-state index is 0.657. The third kappa shape index (κ3) is 5.03. The Morgan fingerprint density at radius 3 is 2.50 bits per heavy atom. The summed E-state index contributed by atoms with van der Waals surface area (Å²) in [6.07, 6.45) is 0. The molecule has 0 amide bonds. The minimum Gasteiger partial charge on any atom is -0.376 e. The number of ether oxygens (including phenoxy) is 1. The van der Waals surface area contributed by atoms with Crippen LogP contribution in [0.1, 0.15) is 29.2 Å². The maximum absolute atomic E-state index is 5.44. The van der Waals surface area contributed by atoms with Crippen LogP contribution in [-0.2, 0) is 11.3 Å². The highest BCUT2D eigenvalue weighted by Gasteiger charge is 2.01. The zero-order valence-electron chi connectivity index (χ0n) is 12.1. The molecule has 0 aromatic heterocycles. The number of benzene rings is 1. The van der Waals surface area contributed by atoms with Gasteiger partial charge in [0, 0.05) is 13.1 Å². The summed E-state index contributed by atoms with van der Waals surface area (Å²) in [5.41, 5.74) is 6.52. The third-order valence-corrected chi connectivity index (χ3v) is 3.04. The Labute approximate surface area is 111 Å². The van der Waals surface area contributed by atoms with E-state index in [1.165, 1.54) is 22.3 Å². The molecule has 2 nitrogen and oxygen atoms in total. The van der Waals surface area contributed by atoms with Crippen molar-refractivity contribution in [2.24, 2.45) is 0 Å². The molecule has 0 heterocycles. The summed E-state index contributed by atoms with van der Waals surface area (Å²) in [6, 6.07) is 4.52. The second-order valence-corrected chi connectivity index (χ2v) is 5.05. The van der Waals surface area contributed by atoms with E-state index in [0.717, 1.165) is 25.3 Å². The first-order valence-corrected chi connectivity index (χ1v) is 6.50. The third-order valence-electron chi connectivity index (χ3n) is 3.04. The molecule has 0 aliphatic carbocycles. The molecule has 1 aromatic carbocycles. The van der Waals surface area contributed by atoms with Gasteiger partial charge in [0.1, 0.15) is 0 Å². The Balaban J connectivity index is 2.31. The van der Waals surface area contributed by atoms with Crippen LogP contribution in [0.4, 0.5) is 0 Å². The molecule has 0 aliphatic rings. The van der Waals surface area contributed by atoms with E-state index in [-0.39, 0.29) is 0 Å². The molecular weight excluding hydrogens is 222 g/mol. The van der Waals surface area contributed by atoms with E-state index >= 15 is 0 Å². The lowest BCUT2D eigenvalue weighted by Crippen LogP contribution is -2.20. The van der Waals surface area contributed by atoms with Gasteiger partial charge in [0.2, 0.25) is 0 Å². The molecule has 0 saturated heterocycles. The molecule has 0 unspecified atom stereocenters. The number of aryl methyl sites for hydroxylation is 3. The summed E-state index contributed by atoms with van der Waals surface area (Å²) in [4.78, 5) is 0. The van der Waals surface area contributed by atoms with Crippen molar-refractivity contribution in [3.05, 3.63) is 46.5 Å². The Kier molecular flexibility index (Phi) is 6.10. The predicted molar refractivity (Wildman–Crippen MR) is 78.0 cm³/mol. The summed E-state index contributed by atoms with van der Waals surface area (Å²) < 4.78 is 5.44. The van der Waals surface area contributed by atoms with Crippen LogP contribution >= 0.6 is 0 Å². The Bertz CT molecular complexity index is 410. The van der Waals surface area contributed by atoms with E-state index in [2.05, 4.69) is 44.8 Å². The first kappa shape index (κ1) is 14.9. The molecule has 0 fully saturated rings. The lowest BCUT2D eigenvalue weighted by Gasteiger charge is -2.11. The molecule has 0 saturated carbocycles. The summed E-state index contributed by atoms with van der Waals surface area (Å²) in [5, 5.41) is 3.41. The van der Waals surface area contributed by atoms with Crippen molar-refractivity contribution in [1.82, 2.24) is 5.32 Å². The fraction of sp³-hybridized carbons (Fsp3) is 0.500. The fourth-order valence-corrected chi connectivity index (χ4v) is 1.82. The highest BCUT2D eigenvalue weighted by atomic mass is 16.5. The van der Waals surface area contributed by atoms with Crippen molar-refractivity contribution in [3.63, 3.8) is 0 Å². The topological polar surface area (TPSA) is 21.3 Å². The minimum absolute atomic E-state index is 0.657. The van der Waals surface area contributed by atoms with Crippen LogP contribution in [-0.4, -0.2) is 19.8 Å². The van der Waals surface area contributed by atoms with Crippen LogP contribution in [0.2, 0.25) is 0 Å². The first-order chi connectivity index (χ1) is 8.50. The quantitative estimate of drug-likeness (QED) is 0.589. The molecule has 0 atom stereocenters. The van der Waals surface area contributed by atoms with Crippen LogP contribution in [0.5, 0.6) is 0 Å². The molecule has 0 spiro atoms. The van der Waals surface area contributed by atoms with Crippen molar-refractivity contribution < 1.29 is 4.74 Å². The smallest absolute Gasteiger partial charge is 0.0672 e. The van der Waals surface area contributed by atoms with E-state index in [0.29, 0.717) is 6.61 Å². The number of hydrogen-bond donors (Lipinski definition) is 1. The number of hydrogen-bond acceptors (Lipinski definition) is 2. The lowest BCUT2D eigenvalue weighted by atomic mass is 10.0. The van der Waals surface area contributed by atoms with Crippen LogP contribution in [0.3, 0.4) is 0 Å². The molecule has 1 N–H and O–H groups in total. The van der Waals surface area contributed by atoms with Gasteiger partial charge in [-0.3, -0.25) is 0 Å². The number of rotatable bonds is 7. The summed E-state index contributed by atoms with van der Waals surface area (Å²) in [7, 11) is 0. The van der Waals surface area contributed by atoms with Crippen molar-refractivity contribution in [1.29, 1.82) is 0 Å². The zero-order valence-corrected chi connectivity index (χ0v) is 12.1. The van der Waals surface area contributed by atoms with Crippen molar-refractivity contribution >= 4 is 0 Å². The molecular formula is C16H25NO. The van der Waals surface area contributed by atoms with E-state index in [4.69, 9.17) is 4.74 Å². The van der Waals surface area contributed by atoms with E-state index in [1.54, 1.807) is 0 Å². The average Bonchev–Trinajstić information content (AvgIpc) is 2.29. The highest BCUT2D eigenvalue weighted by molar-refractivity contribution is 5.36. The Morgan fingerprint density at radius 1 is 1.17 bits per heavy atom. The molecule has 0 aliphatic heterocycles. The van der Waals surface area contributed by atoms with Gasteiger partial charge in [-0.25, -0.2) is 0 Å². The van der Waals surface area contributed by atoms with Gasteiger partial charge in [-0.2, -0.15) is 0 Å². The van der Waals surface area contributed by atoms with Crippen LogP contribution < -0.4 is 5.32 Å². The average molecular weight is 247 g/mol. The van der Waals surface area contributed by atoms with Crippen molar-refractivity contribution in [3.8, 4) is 0 Å². The highest BCUT2D eigenvalue weighted by Crippen LogP contribution is 2.14. The molecule has 100 valence electrons. The Hall–Kier alpha value is -1.12. The van der Waals surface area contributed by atoms with Gasteiger partial charge >= 0.3 is 0 Å². The Morgan fingerprint density at radius 2 is 1.83 bits per heavy atom. The standard InChI is InChI=1S/C16H25NO/c1-12(2)11-18-7-6-17-10-16-9-14(4)13(3)8-15(16)5/h8-9,17H,1,6-7,10-11H2,2-5H3. The molecule has 1 aromatic rings. The largest absolute Gasteiger partial charge is 0.376 e. The lowest BCUT2D eigenvalue weighted by molar-refractivity contribution is 0.157. The van der Waals surface area contributed by atoms with E-state index in [9.17, 15) is 0 Å². The maximum atomic E-state index is 5.44. The van der Waals surface area contributed by atoms with Gasteiger partial charge in [0.05, 0.1) is 13.2 Å². The van der Waals surface area contributed by atoms with Crippen LogP contribution in [0.25, 0.3) is 0 Å². The second-order valence-electron chi connectivity index (χ2n) is 5.05. The first-order valence-electron chi connectivity index (χ1n) is 6.50. The van der Waals surface area contributed by atoms with Gasteiger partial charge in [0.15, 0.2) is 0 Å². The van der Waals surface area contributed by atoms with Crippen LogP contribution in [0.15, 0.2) is 24.3 Å². The van der Waals surface area contributed by atoms with Gasteiger partial charge in [-0.15, -0.1) is 0 Å². The normalized spacial score (nSPS) is 10.7. The van der Waals surface area contributed by atoms with Crippen LogP contribution in [0, 0.1) is 20.8 Å². The summed E-state index contributed by atoms with van der Waals surface area (Å²) in [5.74, 6) is 0. The van der Waals surface area contributed by atoms with Crippen molar-refractivity contribution in [2.45, 2.75) is 34.2 Å². The molecule has 0 radical (unpaired) electrons. The van der Waals surface area contributed by atoms with Gasteiger partial charge < -0.3 is 10.1 Å².